The predicted octanol–water partition coefficient (Wildman–Crippen LogP) is 3.88. The van der Waals surface area contributed by atoms with Crippen LogP contribution < -0.4 is 5.73 Å². The lowest BCUT2D eigenvalue weighted by Crippen LogP contribution is -1.84. The first kappa shape index (κ1) is 9.13. The molecule has 1 heterocycles. The monoisotopic (exact) mass is 231 g/mol. The predicted molar refractivity (Wildman–Crippen MR) is 60.8 cm³/mol. The number of halogens is 2. The van der Waals surface area contributed by atoms with E-state index in [9.17, 15) is 0 Å². The minimum Gasteiger partial charge on any atom is -0.398 e. The molecule has 2 rings (SSSR count). The van der Waals surface area contributed by atoms with E-state index in [0.29, 0.717) is 5.88 Å². The van der Waals surface area contributed by atoms with Crippen LogP contribution in [-0.4, -0.2) is 0 Å². The number of anilines is 1. The minimum absolute atomic E-state index is 0.475. The van der Waals surface area contributed by atoms with Gasteiger partial charge in [-0.25, -0.2) is 0 Å². The number of fused-ring (bicyclic) bond motifs is 1. The SMILES string of the molecule is Nc1ccc(Cl)c2c(CCl)csc12. The Hall–Kier alpha value is -0.440. The Labute approximate surface area is 90.1 Å². The van der Waals surface area contributed by atoms with Gasteiger partial charge < -0.3 is 5.73 Å². The molecule has 4 heteroatoms. The molecule has 0 aliphatic heterocycles. The van der Waals surface area contributed by atoms with Crippen LogP contribution in [0.15, 0.2) is 17.5 Å². The lowest BCUT2D eigenvalue weighted by Gasteiger charge is -1.99. The van der Waals surface area contributed by atoms with E-state index >= 15 is 0 Å². The van der Waals surface area contributed by atoms with Crippen LogP contribution in [0.25, 0.3) is 10.1 Å². The third-order valence-corrected chi connectivity index (χ3v) is 3.60. The van der Waals surface area contributed by atoms with Crippen LogP contribution in [0, 0.1) is 0 Å². The second kappa shape index (κ2) is 3.37. The Bertz CT molecular complexity index is 450. The molecule has 0 bridgehead atoms. The van der Waals surface area contributed by atoms with Gasteiger partial charge in [0.1, 0.15) is 0 Å². The molecule has 0 atom stereocenters. The number of rotatable bonds is 1. The van der Waals surface area contributed by atoms with Crippen molar-refractivity contribution in [3.05, 3.63) is 28.1 Å². The van der Waals surface area contributed by atoms with Gasteiger partial charge in [-0.3, -0.25) is 0 Å². The average molecular weight is 232 g/mol. The maximum Gasteiger partial charge on any atom is 0.0590 e. The molecule has 1 aromatic heterocycles. The average Bonchev–Trinajstić information content (AvgIpc) is 2.56. The van der Waals surface area contributed by atoms with Crippen molar-refractivity contribution in [2.75, 3.05) is 5.73 Å². The van der Waals surface area contributed by atoms with E-state index in [1.165, 1.54) is 0 Å². The first-order valence-electron chi connectivity index (χ1n) is 3.74. The summed E-state index contributed by atoms with van der Waals surface area (Å²) in [5.74, 6) is 0.475. The molecule has 0 aliphatic rings. The van der Waals surface area contributed by atoms with Crippen LogP contribution in [-0.2, 0) is 5.88 Å². The van der Waals surface area contributed by atoms with Gasteiger partial charge in [0.2, 0.25) is 0 Å². The van der Waals surface area contributed by atoms with Gasteiger partial charge in [0.25, 0.3) is 0 Å². The number of hydrogen-bond acceptors (Lipinski definition) is 2. The first-order chi connectivity index (χ1) is 6.24. The third kappa shape index (κ3) is 1.39. The zero-order valence-electron chi connectivity index (χ0n) is 6.68. The summed E-state index contributed by atoms with van der Waals surface area (Å²) in [4.78, 5) is 0. The Kier molecular flexibility index (Phi) is 2.37. The van der Waals surface area contributed by atoms with Crippen LogP contribution in [0.1, 0.15) is 5.56 Å². The van der Waals surface area contributed by atoms with E-state index in [0.717, 1.165) is 26.4 Å². The van der Waals surface area contributed by atoms with E-state index in [-0.39, 0.29) is 0 Å². The van der Waals surface area contributed by atoms with Gasteiger partial charge >= 0.3 is 0 Å². The summed E-state index contributed by atoms with van der Waals surface area (Å²) in [6.45, 7) is 0. The summed E-state index contributed by atoms with van der Waals surface area (Å²) in [5.41, 5.74) is 7.62. The molecule has 0 saturated carbocycles. The van der Waals surface area contributed by atoms with E-state index in [1.807, 2.05) is 17.5 Å². The topological polar surface area (TPSA) is 26.0 Å². The van der Waals surface area contributed by atoms with Crippen molar-refractivity contribution < 1.29 is 0 Å². The highest BCUT2D eigenvalue weighted by atomic mass is 35.5. The summed E-state index contributed by atoms with van der Waals surface area (Å²) < 4.78 is 1.03. The van der Waals surface area contributed by atoms with Crippen LogP contribution in [0.2, 0.25) is 5.02 Å². The molecule has 0 amide bonds. The van der Waals surface area contributed by atoms with Crippen molar-refractivity contribution in [3.8, 4) is 0 Å². The van der Waals surface area contributed by atoms with Crippen molar-refractivity contribution in [2.45, 2.75) is 5.88 Å². The fourth-order valence-electron chi connectivity index (χ4n) is 1.29. The van der Waals surface area contributed by atoms with Gasteiger partial charge in [0, 0.05) is 22.0 Å². The third-order valence-electron chi connectivity index (χ3n) is 1.92. The quantitative estimate of drug-likeness (QED) is 0.586. The smallest absolute Gasteiger partial charge is 0.0590 e. The number of benzene rings is 1. The molecule has 2 aromatic rings. The molecule has 0 unspecified atom stereocenters. The summed E-state index contributed by atoms with van der Waals surface area (Å²) >= 11 is 13.4. The van der Waals surface area contributed by atoms with Gasteiger partial charge in [-0.2, -0.15) is 0 Å². The Morgan fingerprint density at radius 3 is 2.85 bits per heavy atom. The fourth-order valence-corrected chi connectivity index (χ4v) is 2.95. The highest BCUT2D eigenvalue weighted by molar-refractivity contribution is 7.18. The molecular formula is C9H7Cl2NS. The standard InChI is InChI=1S/C9H7Cl2NS/c10-3-5-4-13-9-7(12)2-1-6(11)8(5)9/h1-2,4H,3,12H2. The van der Waals surface area contributed by atoms with Crippen molar-refractivity contribution in [1.29, 1.82) is 0 Å². The van der Waals surface area contributed by atoms with Crippen molar-refractivity contribution in [2.24, 2.45) is 0 Å². The number of alkyl halides is 1. The minimum atomic E-state index is 0.475. The number of nitrogen functional groups attached to an aromatic ring is 1. The molecule has 0 fully saturated rings. The zero-order valence-corrected chi connectivity index (χ0v) is 9.01. The van der Waals surface area contributed by atoms with Gasteiger partial charge in [0.15, 0.2) is 0 Å². The lowest BCUT2D eigenvalue weighted by molar-refractivity contribution is 1.50. The lowest BCUT2D eigenvalue weighted by atomic mass is 10.2. The molecule has 0 radical (unpaired) electrons. The highest BCUT2D eigenvalue weighted by Crippen LogP contribution is 2.36. The number of thiophene rings is 1. The Morgan fingerprint density at radius 1 is 1.38 bits per heavy atom. The maximum atomic E-state index is 6.05. The molecule has 68 valence electrons. The molecule has 0 spiro atoms. The number of hydrogen-bond donors (Lipinski definition) is 1. The van der Waals surface area contributed by atoms with Crippen LogP contribution >= 0.6 is 34.5 Å². The normalized spacial score (nSPS) is 10.9. The van der Waals surface area contributed by atoms with E-state index in [1.54, 1.807) is 11.3 Å². The number of nitrogens with two attached hydrogens (primary N) is 1. The highest BCUT2D eigenvalue weighted by Gasteiger charge is 2.08. The van der Waals surface area contributed by atoms with E-state index in [4.69, 9.17) is 28.9 Å². The van der Waals surface area contributed by atoms with Gasteiger partial charge in [0.05, 0.1) is 4.70 Å². The molecule has 0 aliphatic carbocycles. The molecule has 1 aromatic carbocycles. The summed E-state index contributed by atoms with van der Waals surface area (Å²) in [6.07, 6.45) is 0. The second-order valence-corrected chi connectivity index (χ2v) is 4.29. The Morgan fingerprint density at radius 2 is 2.15 bits per heavy atom. The van der Waals surface area contributed by atoms with Gasteiger partial charge in [-0.1, -0.05) is 11.6 Å². The van der Waals surface area contributed by atoms with E-state index in [2.05, 4.69) is 0 Å². The van der Waals surface area contributed by atoms with Gasteiger partial charge in [-0.05, 0) is 23.1 Å². The largest absolute Gasteiger partial charge is 0.398 e. The Balaban J connectivity index is 2.87. The van der Waals surface area contributed by atoms with Crippen molar-refractivity contribution in [3.63, 3.8) is 0 Å². The molecule has 13 heavy (non-hydrogen) atoms. The molecule has 2 N–H and O–H groups in total. The van der Waals surface area contributed by atoms with Crippen molar-refractivity contribution in [1.82, 2.24) is 0 Å². The van der Waals surface area contributed by atoms with Crippen LogP contribution in [0.4, 0.5) is 5.69 Å². The zero-order chi connectivity index (χ0) is 9.42. The maximum absolute atomic E-state index is 6.05. The second-order valence-electron chi connectivity index (χ2n) is 2.74. The van der Waals surface area contributed by atoms with Crippen molar-refractivity contribution >= 4 is 50.3 Å². The van der Waals surface area contributed by atoms with Gasteiger partial charge in [-0.15, -0.1) is 22.9 Å². The molecule has 0 saturated heterocycles. The molecule has 1 nitrogen and oxygen atoms in total. The first-order valence-corrected chi connectivity index (χ1v) is 5.53. The summed E-state index contributed by atoms with van der Waals surface area (Å²) in [5, 5.41) is 3.72. The summed E-state index contributed by atoms with van der Waals surface area (Å²) in [6, 6.07) is 3.63. The van der Waals surface area contributed by atoms with Crippen LogP contribution in [0.3, 0.4) is 0 Å². The van der Waals surface area contributed by atoms with E-state index < -0.39 is 0 Å². The van der Waals surface area contributed by atoms with Crippen LogP contribution in [0.5, 0.6) is 0 Å². The summed E-state index contributed by atoms with van der Waals surface area (Å²) in [7, 11) is 0. The molecular weight excluding hydrogens is 225 g/mol. The fraction of sp³-hybridized carbons (Fsp3) is 0.111.